The van der Waals surface area contributed by atoms with Gasteiger partial charge in [0.15, 0.2) is 0 Å². The highest BCUT2D eigenvalue weighted by atomic mass is 16.5. The van der Waals surface area contributed by atoms with Crippen LogP contribution in [0.5, 0.6) is 5.75 Å². The largest absolute Gasteiger partial charge is 0.493 e. The van der Waals surface area contributed by atoms with Crippen LogP contribution in [0.25, 0.3) is 0 Å². The zero-order chi connectivity index (χ0) is 14.4. The zero-order valence-electron chi connectivity index (χ0n) is 12.0. The van der Waals surface area contributed by atoms with Crippen molar-refractivity contribution in [3.63, 3.8) is 0 Å². The first-order valence-corrected chi connectivity index (χ1v) is 7.30. The second-order valence-corrected chi connectivity index (χ2v) is 5.33. The molecule has 1 heterocycles. The Morgan fingerprint density at radius 3 is 3.05 bits per heavy atom. The molecule has 0 aliphatic carbocycles. The third-order valence-corrected chi connectivity index (χ3v) is 3.73. The topological polar surface area (TPSA) is 49.8 Å². The van der Waals surface area contributed by atoms with E-state index in [9.17, 15) is 9.90 Å². The van der Waals surface area contributed by atoms with Crippen molar-refractivity contribution in [3.8, 4) is 5.75 Å². The second kappa shape index (κ2) is 7.29. The van der Waals surface area contributed by atoms with Crippen molar-refractivity contribution in [2.45, 2.75) is 38.6 Å². The number of carbonyl (C=O) groups excluding carboxylic acids is 1. The molecule has 1 unspecified atom stereocenters. The van der Waals surface area contributed by atoms with Gasteiger partial charge >= 0.3 is 0 Å². The minimum atomic E-state index is -0.00443. The first kappa shape index (κ1) is 14.9. The van der Waals surface area contributed by atoms with Gasteiger partial charge in [-0.2, -0.15) is 0 Å². The molecule has 1 amide bonds. The van der Waals surface area contributed by atoms with Crippen LogP contribution in [-0.2, 0) is 4.79 Å². The van der Waals surface area contributed by atoms with Crippen molar-refractivity contribution < 1.29 is 14.6 Å². The van der Waals surface area contributed by atoms with Crippen molar-refractivity contribution in [2.75, 3.05) is 19.8 Å². The number of amides is 1. The van der Waals surface area contributed by atoms with Crippen LogP contribution in [0.2, 0.25) is 0 Å². The molecule has 1 aromatic rings. The fraction of sp³-hybridized carbons (Fsp3) is 0.562. The number of aryl methyl sites for hydroxylation is 1. The average molecular weight is 277 g/mol. The molecule has 1 aliphatic rings. The van der Waals surface area contributed by atoms with Crippen molar-refractivity contribution >= 4 is 5.91 Å². The summed E-state index contributed by atoms with van der Waals surface area (Å²) in [6.07, 6.45) is 3.39. The Labute approximate surface area is 120 Å². The smallest absolute Gasteiger partial charge is 0.226 e. The van der Waals surface area contributed by atoms with E-state index >= 15 is 0 Å². The number of aliphatic hydroxyl groups excluding tert-OH is 1. The van der Waals surface area contributed by atoms with Gasteiger partial charge in [0.2, 0.25) is 5.91 Å². The van der Waals surface area contributed by atoms with Crippen LogP contribution in [0, 0.1) is 6.92 Å². The van der Waals surface area contributed by atoms with Gasteiger partial charge in [-0.25, -0.2) is 0 Å². The summed E-state index contributed by atoms with van der Waals surface area (Å²) >= 11 is 0. The van der Waals surface area contributed by atoms with E-state index in [1.54, 1.807) is 0 Å². The van der Waals surface area contributed by atoms with Gasteiger partial charge in [-0.15, -0.1) is 0 Å². The van der Waals surface area contributed by atoms with E-state index in [1.807, 2.05) is 36.1 Å². The van der Waals surface area contributed by atoms with E-state index in [1.165, 1.54) is 0 Å². The van der Waals surface area contributed by atoms with E-state index in [4.69, 9.17) is 4.74 Å². The Hall–Kier alpha value is -1.55. The molecule has 20 heavy (non-hydrogen) atoms. The number of likely N-dealkylation sites (tertiary alicyclic amines) is 1. The van der Waals surface area contributed by atoms with Gasteiger partial charge in [0.05, 0.1) is 25.7 Å². The Balaban J connectivity index is 1.79. The summed E-state index contributed by atoms with van der Waals surface area (Å²) in [5, 5.41) is 9.32. The number of piperidine rings is 1. The van der Waals surface area contributed by atoms with E-state index < -0.39 is 0 Å². The number of hydrogen-bond donors (Lipinski definition) is 1. The highest BCUT2D eigenvalue weighted by Gasteiger charge is 2.25. The van der Waals surface area contributed by atoms with Crippen LogP contribution < -0.4 is 4.74 Å². The van der Waals surface area contributed by atoms with Gasteiger partial charge in [0.1, 0.15) is 5.75 Å². The molecule has 0 saturated carbocycles. The maximum Gasteiger partial charge on any atom is 0.226 e. The molecule has 0 radical (unpaired) electrons. The molecule has 0 spiro atoms. The zero-order valence-corrected chi connectivity index (χ0v) is 12.0. The van der Waals surface area contributed by atoms with E-state index in [-0.39, 0.29) is 18.6 Å². The minimum absolute atomic E-state index is 0.00443. The summed E-state index contributed by atoms with van der Waals surface area (Å²) < 4.78 is 5.61. The molecule has 1 atom stereocenters. The van der Waals surface area contributed by atoms with Crippen LogP contribution in [-0.4, -0.2) is 41.7 Å². The summed E-state index contributed by atoms with van der Waals surface area (Å²) in [7, 11) is 0. The first-order valence-electron chi connectivity index (χ1n) is 7.30. The lowest BCUT2D eigenvalue weighted by atomic mass is 10.0. The first-order chi connectivity index (χ1) is 9.70. The molecule has 1 aliphatic heterocycles. The third kappa shape index (κ3) is 3.97. The van der Waals surface area contributed by atoms with Gasteiger partial charge in [-0.3, -0.25) is 4.79 Å². The van der Waals surface area contributed by atoms with Gasteiger partial charge < -0.3 is 14.7 Å². The van der Waals surface area contributed by atoms with E-state index in [2.05, 4.69) is 0 Å². The third-order valence-electron chi connectivity index (χ3n) is 3.73. The van der Waals surface area contributed by atoms with Gasteiger partial charge in [-0.05, 0) is 43.9 Å². The summed E-state index contributed by atoms with van der Waals surface area (Å²) in [6, 6.07) is 7.81. The molecular formula is C16H23NO3. The van der Waals surface area contributed by atoms with Crippen LogP contribution in [0.1, 0.15) is 31.2 Å². The number of nitrogens with zero attached hydrogens (tertiary/aromatic N) is 1. The predicted octanol–water partition coefficient (Wildman–Crippen LogP) is 2.14. The number of rotatable bonds is 5. The number of hydrogen-bond acceptors (Lipinski definition) is 3. The Kier molecular flexibility index (Phi) is 5.41. The average Bonchev–Trinajstić information content (AvgIpc) is 2.47. The quantitative estimate of drug-likeness (QED) is 0.897. The fourth-order valence-electron chi connectivity index (χ4n) is 2.62. The standard InChI is InChI=1S/C16H23NO3/c1-13-5-4-7-15(11-13)20-10-8-16(19)17-9-3-2-6-14(17)12-18/h4-5,7,11,14,18H,2-3,6,8-10,12H2,1H3. The molecule has 1 aromatic carbocycles. The van der Waals surface area contributed by atoms with Crippen LogP contribution in [0.4, 0.5) is 0 Å². The Morgan fingerprint density at radius 2 is 2.30 bits per heavy atom. The summed E-state index contributed by atoms with van der Waals surface area (Å²) in [4.78, 5) is 14.0. The van der Waals surface area contributed by atoms with Gasteiger partial charge in [0, 0.05) is 6.54 Å². The predicted molar refractivity (Wildman–Crippen MR) is 77.7 cm³/mol. The van der Waals surface area contributed by atoms with Crippen molar-refractivity contribution in [3.05, 3.63) is 29.8 Å². The SMILES string of the molecule is Cc1cccc(OCCC(=O)N2CCCCC2CO)c1. The lowest BCUT2D eigenvalue weighted by Gasteiger charge is -2.34. The second-order valence-electron chi connectivity index (χ2n) is 5.33. The normalized spacial score (nSPS) is 18.9. The molecule has 2 rings (SSSR count). The van der Waals surface area contributed by atoms with Crippen LogP contribution in [0.3, 0.4) is 0 Å². The lowest BCUT2D eigenvalue weighted by molar-refractivity contribution is -0.136. The number of benzene rings is 1. The maximum absolute atomic E-state index is 12.2. The Bertz CT molecular complexity index is 447. The number of carbonyl (C=O) groups is 1. The molecule has 1 saturated heterocycles. The number of ether oxygens (including phenoxy) is 1. The molecular weight excluding hydrogens is 254 g/mol. The highest BCUT2D eigenvalue weighted by molar-refractivity contribution is 5.76. The van der Waals surface area contributed by atoms with Crippen molar-refractivity contribution in [2.24, 2.45) is 0 Å². The fourth-order valence-corrected chi connectivity index (χ4v) is 2.62. The van der Waals surface area contributed by atoms with Crippen LogP contribution >= 0.6 is 0 Å². The molecule has 110 valence electrons. The van der Waals surface area contributed by atoms with Gasteiger partial charge in [0.25, 0.3) is 0 Å². The van der Waals surface area contributed by atoms with Gasteiger partial charge in [-0.1, -0.05) is 12.1 Å². The van der Waals surface area contributed by atoms with E-state index in [0.29, 0.717) is 13.0 Å². The summed E-state index contributed by atoms with van der Waals surface area (Å²) in [5.74, 6) is 0.881. The van der Waals surface area contributed by atoms with Crippen molar-refractivity contribution in [1.29, 1.82) is 0 Å². The van der Waals surface area contributed by atoms with E-state index in [0.717, 1.165) is 37.1 Å². The summed E-state index contributed by atoms with van der Waals surface area (Å²) in [5.41, 5.74) is 1.14. The summed E-state index contributed by atoms with van der Waals surface area (Å²) in [6.45, 7) is 3.22. The monoisotopic (exact) mass is 277 g/mol. The molecule has 4 heteroatoms. The van der Waals surface area contributed by atoms with Crippen LogP contribution in [0.15, 0.2) is 24.3 Å². The Morgan fingerprint density at radius 1 is 1.45 bits per heavy atom. The number of aliphatic hydroxyl groups is 1. The van der Waals surface area contributed by atoms with Crippen molar-refractivity contribution in [1.82, 2.24) is 4.90 Å². The maximum atomic E-state index is 12.2. The molecule has 1 fully saturated rings. The molecule has 4 nitrogen and oxygen atoms in total. The molecule has 0 aromatic heterocycles. The highest BCUT2D eigenvalue weighted by Crippen LogP contribution is 2.18. The lowest BCUT2D eigenvalue weighted by Crippen LogP contribution is -2.46. The molecule has 1 N–H and O–H groups in total. The molecule has 0 bridgehead atoms. The minimum Gasteiger partial charge on any atom is -0.493 e.